The third kappa shape index (κ3) is 3.85. The van der Waals surface area contributed by atoms with Gasteiger partial charge in [-0.1, -0.05) is 12.1 Å². The third-order valence-electron chi connectivity index (χ3n) is 4.13. The number of aryl methyl sites for hydroxylation is 2. The summed E-state index contributed by atoms with van der Waals surface area (Å²) in [6.07, 6.45) is 7.66. The Morgan fingerprint density at radius 2 is 2.24 bits per heavy atom. The van der Waals surface area contributed by atoms with Crippen LogP contribution in [0.15, 0.2) is 36.7 Å². The summed E-state index contributed by atoms with van der Waals surface area (Å²) < 4.78 is 2.21. The molecule has 1 aliphatic rings. The maximum atomic E-state index is 9.58. The number of hydrogen-bond acceptors (Lipinski definition) is 3. The summed E-state index contributed by atoms with van der Waals surface area (Å²) in [4.78, 5) is 6.80. The molecule has 0 radical (unpaired) electrons. The Kier molecular flexibility index (Phi) is 4.25. The summed E-state index contributed by atoms with van der Waals surface area (Å²) >= 11 is 0. The van der Waals surface area contributed by atoms with Gasteiger partial charge in [0.1, 0.15) is 11.6 Å². The van der Waals surface area contributed by atoms with Crippen LogP contribution in [-0.2, 0) is 13.1 Å². The standard InChI is InChI=1S/C17H23N3O/c1-14-18-8-11-19(14)9-3-10-20(16-6-7-16)13-15-4-2-5-17(21)12-15/h2,4-5,8,11-12,16,21H,3,6-7,9-10,13H2,1H3. The molecule has 0 atom stereocenters. The van der Waals surface area contributed by atoms with Gasteiger partial charge in [0.2, 0.25) is 0 Å². The Labute approximate surface area is 126 Å². The predicted molar refractivity (Wildman–Crippen MR) is 83.1 cm³/mol. The summed E-state index contributed by atoms with van der Waals surface area (Å²) in [5.74, 6) is 1.44. The molecule has 1 aliphatic carbocycles. The molecule has 1 fully saturated rings. The Balaban J connectivity index is 1.54. The van der Waals surface area contributed by atoms with Crippen LogP contribution in [0.5, 0.6) is 5.75 Å². The summed E-state index contributed by atoms with van der Waals surface area (Å²) in [5.41, 5.74) is 1.20. The van der Waals surface area contributed by atoms with E-state index in [1.54, 1.807) is 6.07 Å². The van der Waals surface area contributed by atoms with Gasteiger partial charge in [0.25, 0.3) is 0 Å². The van der Waals surface area contributed by atoms with Gasteiger partial charge in [0.15, 0.2) is 0 Å². The molecular formula is C17H23N3O. The van der Waals surface area contributed by atoms with E-state index < -0.39 is 0 Å². The van der Waals surface area contributed by atoms with Gasteiger partial charge >= 0.3 is 0 Å². The minimum Gasteiger partial charge on any atom is -0.508 e. The average Bonchev–Trinajstić information content (AvgIpc) is 3.22. The second-order valence-electron chi connectivity index (χ2n) is 5.89. The highest BCUT2D eigenvalue weighted by Gasteiger charge is 2.28. The fourth-order valence-corrected chi connectivity index (χ4v) is 2.80. The molecule has 1 aromatic carbocycles. The maximum Gasteiger partial charge on any atom is 0.115 e. The molecule has 2 aromatic rings. The zero-order valence-electron chi connectivity index (χ0n) is 12.6. The molecule has 4 heteroatoms. The van der Waals surface area contributed by atoms with Crippen molar-refractivity contribution < 1.29 is 5.11 Å². The van der Waals surface area contributed by atoms with Gasteiger partial charge in [-0.05, 0) is 43.9 Å². The van der Waals surface area contributed by atoms with Crippen molar-refractivity contribution in [1.82, 2.24) is 14.5 Å². The van der Waals surface area contributed by atoms with Gasteiger partial charge in [-0.3, -0.25) is 4.90 Å². The zero-order valence-corrected chi connectivity index (χ0v) is 12.6. The van der Waals surface area contributed by atoms with E-state index in [9.17, 15) is 5.11 Å². The molecule has 1 heterocycles. The highest BCUT2D eigenvalue weighted by Crippen LogP contribution is 2.29. The summed E-state index contributed by atoms with van der Waals surface area (Å²) in [6, 6.07) is 8.35. The van der Waals surface area contributed by atoms with Crippen LogP contribution >= 0.6 is 0 Å². The molecule has 112 valence electrons. The third-order valence-corrected chi connectivity index (χ3v) is 4.13. The first kappa shape index (κ1) is 14.1. The predicted octanol–water partition coefficient (Wildman–Crippen LogP) is 2.95. The molecule has 0 saturated heterocycles. The molecule has 0 amide bonds. The lowest BCUT2D eigenvalue weighted by Gasteiger charge is -2.22. The fraction of sp³-hybridized carbons (Fsp3) is 0.471. The molecule has 4 nitrogen and oxygen atoms in total. The average molecular weight is 285 g/mol. The minimum absolute atomic E-state index is 0.359. The molecule has 3 rings (SSSR count). The van der Waals surface area contributed by atoms with Crippen LogP contribution in [0.3, 0.4) is 0 Å². The molecule has 1 aromatic heterocycles. The number of aromatic hydroxyl groups is 1. The minimum atomic E-state index is 0.359. The van der Waals surface area contributed by atoms with Crippen LogP contribution in [0.1, 0.15) is 30.7 Å². The summed E-state index contributed by atoms with van der Waals surface area (Å²) in [7, 11) is 0. The van der Waals surface area contributed by atoms with Crippen LogP contribution in [0.2, 0.25) is 0 Å². The normalized spacial score (nSPS) is 14.8. The van der Waals surface area contributed by atoms with E-state index in [-0.39, 0.29) is 0 Å². The Hall–Kier alpha value is -1.81. The number of aromatic nitrogens is 2. The van der Waals surface area contributed by atoms with Gasteiger partial charge in [-0.25, -0.2) is 4.98 Å². The zero-order chi connectivity index (χ0) is 14.7. The van der Waals surface area contributed by atoms with E-state index in [0.717, 1.165) is 37.9 Å². The summed E-state index contributed by atoms with van der Waals surface area (Å²) in [5, 5.41) is 9.58. The van der Waals surface area contributed by atoms with Crippen molar-refractivity contribution in [2.75, 3.05) is 6.54 Å². The van der Waals surface area contributed by atoms with E-state index in [1.165, 1.54) is 18.4 Å². The SMILES string of the molecule is Cc1nccn1CCCN(Cc1cccc(O)c1)C1CC1. The number of phenols is 1. The Morgan fingerprint density at radius 3 is 2.90 bits per heavy atom. The first-order valence-corrected chi connectivity index (χ1v) is 7.72. The van der Waals surface area contributed by atoms with Crippen LogP contribution in [-0.4, -0.2) is 32.1 Å². The van der Waals surface area contributed by atoms with E-state index in [0.29, 0.717) is 5.75 Å². The molecule has 0 spiro atoms. The largest absolute Gasteiger partial charge is 0.508 e. The highest BCUT2D eigenvalue weighted by atomic mass is 16.3. The number of imidazole rings is 1. The number of rotatable bonds is 7. The molecule has 21 heavy (non-hydrogen) atoms. The monoisotopic (exact) mass is 285 g/mol. The van der Waals surface area contributed by atoms with Crippen molar-refractivity contribution in [1.29, 1.82) is 0 Å². The quantitative estimate of drug-likeness (QED) is 0.850. The van der Waals surface area contributed by atoms with E-state index >= 15 is 0 Å². The molecule has 0 unspecified atom stereocenters. The van der Waals surface area contributed by atoms with Crippen molar-refractivity contribution in [2.24, 2.45) is 0 Å². The number of nitrogens with zero attached hydrogens (tertiary/aromatic N) is 3. The van der Waals surface area contributed by atoms with Gasteiger partial charge in [-0.2, -0.15) is 0 Å². The van der Waals surface area contributed by atoms with Crippen LogP contribution in [0.25, 0.3) is 0 Å². The van der Waals surface area contributed by atoms with Crippen molar-refractivity contribution >= 4 is 0 Å². The number of benzene rings is 1. The smallest absolute Gasteiger partial charge is 0.115 e. The van der Waals surface area contributed by atoms with Crippen molar-refractivity contribution in [3.63, 3.8) is 0 Å². The van der Waals surface area contributed by atoms with Gasteiger partial charge in [-0.15, -0.1) is 0 Å². The van der Waals surface area contributed by atoms with Crippen LogP contribution in [0.4, 0.5) is 0 Å². The van der Waals surface area contributed by atoms with Crippen LogP contribution < -0.4 is 0 Å². The van der Waals surface area contributed by atoms with E-state index in [4.69, 9.17) is 0 Å². The van der Waals surface area contributed by atoms with Gasteiger partial charge in [0, 0.05) is 38.1 Å². The Morgan fingerprint density at radius 1 is 1.38 bits per heavy atom. The fourth-order valence-electron chi connectivity index (χ4n) is 2.80. The first-order valence-electron chi connectivity index (χ1n) is 7.72. The van der Waals surface area contributed by atoms with Crippen molar-refractivity contribution in [2.45, 2.75) is 45.3 Å². The second kappa shape index (κ2) is 6.31. The number of phenolic OH excluding ortho intramolecular Hbond substituents is 1. The molecule has 0 aliphatic heterocycles. The molecule has 0 bridgehead atoms. The molecular weight excluding hydrogens is 262 g/mol. The van der Waals surface area contributed by atoms with E-state index in [2.05, 4.69) is 20.5 Å². The van der Waals surface area contributed by atoms with E-state index in [1.807, 2.05) is 31.5 Å². The van der Waals surface area contributed by atoms with Crippen molar-refractivity contribution in [3.8, 4) is 5.75 Å². The lowest BCUT2D eigenvalue weighted by molar-refractivity contribution is 0.246. The highest BCUT2D eigenvalue weighted by molar-refractivity contribution is 5.27. The topological polar surface area (TPSA) is 41.3 Å². The number of hydrogen-bond donors (Lipinski definition) is 1. The van der Waals surface area contributed by atoms with Crippen LogP contribution in [0, 0.1) is 6.92 Å². The lowest BCUT2D eigenvalue weighted by Crippen LogP contribution is -2.27. The van der Waals surface area contributed by atoms with Gasteiger partial charge < -0.3 is 9.67 Å². The maximum absolute atomic E-state index is 9.58. The summed E-state index contributed by atoms with van der Waals surface area (Å²) in [6.45, 7) is 5.10. The first-order chi connectivity index (χ1) is 10.2. The van der Waals surface area contributed by atoms with Crippen molar-refractivity contribution in [3.05, 3.63) is 48.0 Å². The Bertz CT molecular complexity index is 589. The van der Waals surface area contributed by atoms with Gasteiger partial charge in [0.05, 0.1) is 0 Å². The lowest BCUT2D eigenvalue weighted by atomic mass is 10.2. The molecule has 1 saturated carbocycles. The second-order valence-corrected chi connectivity index (χ2v) is 5.89. The molecule has 1 N–H and O–H groups in total.